The monoisotopic (exact) mass is 597 g/mol. The fourth-order valence-corrected chi connectivity index (χ4v) is 8.10. The van der Waals surface area contributed by atoms with Crippen LogP contribution in [0.15, 0.2) is 18.2 Å². The molecule has 240 valence electrons. The van der Waals surface area contributed by atoms with Crippen molar-refractivity contribution in [2.24, 2.45) is 0 Å². The molecule has 9 heteroatoms. The molecule has 3 N–H and O–H groups in total. The molecule has 4 fully saturated rings. The van der Waals surface area contributed by atoms with Crippen LogP contribution >= 0.6 is 0 Å². The molecule has 5 aliphatic rings. The largest absolute Gasteiger partial charge is 0.380 e. The fraction of sp³-hybridized carbons (Fsp3) is 0.794. The lowest BCUT2D eigenvalue weighted by Crippen LogP contribution is -2.50. The number of hydrogen-bond acceptors (Lipinski definition) is 8. The number of nitrogens with zero attached hydrogens (tertiary/aromatic N) is 2. The Morgan fingerprint density at radius 2 is 1.58 bits per heavy atom. The van der Waals surface area contributed by atoms with Crippen molar-refractivity contribution < 1.29 is 19.1 Å². The summed E-state index contributed by atoms with van der Waals surface area (Å²) in [6.07, 6.45) is 20.0. The number of rotatable bonds is 7. The number of aryl methyl sites for hydroxylation is 1. The van der Waals surface area contributed by atoms with E-state index >= 15 is 0 Å². The van der Waals surface area contributed by atoms with Gasteiger partial charge < -0.3 is 14.8 Å². The smallest absolute Gasteiger partial charge is 0.266 e. The molecule has 5 atom stereocenters. The number of carbonyl (C=O) groups is 1. The summed E-state index contributed by atoms with van der Waals surface area (Å²) >= 11 is 0. The molecule has 9 nitrogen and oxygen atoms in total. The van der Waals surface area contributed by atoms with Crippen molar-refractivity contribution in [3.8, 4) is 0 Å². The number of carbonyl (C=O) groups excluding carboxylic acids is 1. The molecule has 1 amide bonds. The van der Waals surface area contributed by atoms with Crippen LogP contribution in [-0.2, 0) is 25.5 Å². The molecule has 2 saturated carbocycles. The minimum atomic E-state index is -0.638. The van der Waals surface area contributed by atoms with E-state index in [0.717, 1.165) is 12.8 Å². The lowest BCUT2D eigenvalue weighted by Gasteiger charge is -2.32. The highest BCUT2D eigenvalue weighted by Crippen LogP contribution is 2.37. The van der Waals surface area contributed by atoms with Gasteiger partial charge in [-0.2, -0.15) is 5.06 Å². The van der Waals surface area contributed by atoms with Crippen molar-refractivity contribution in [1.82, 2.24) is 26.1 Å². The number of hydrazine groups is 1. The maximum atomic E-state index is 13.4. The molecular weight excluding hydrogens is 542 g/mol. The quantitative estimate of drug-likeness (QED) is 0.368. The molecule has 2 saturated heterocycles. The summed E-state index contributed by atoms with van der Waals surface area (Å²) in [5.41, 5.74) is 7.21. The van der Waals surface area contributed by atoms with Gasteiger partial charge in [-0.15, -0.1) is 0 Å². The Hall–Kier alpha value is -1.59. The van der Waals surface area contributed by atoms with Crippen molar-refractivity contribution >= 4 is 5.91 Å². The van der Waals surface area contributed by atoms with Gasteiger partial charge in [0.05, 0.1) is 12.6 Å². The summed E-state index contributed by atoms with van der Waals surface area (Å²) in [5.74, 6) is -0.0666. The number of fused-ring (bicyclic) bond motifs is 1. The number of hydrogen-bond donors (Lipinski definition) is 3. The summed E-state index contributed by atoms with van der Waals surface area (Å²) < 4.78 is 11.6. The van der Waals surface area contributed by atoms with Crippen molar-refractivity contribution in [1.29, 1.82) is 0 Å². The molecule has 0 aromatic heterocycles. The van der Waals surface area contributed by atoms with Gasteiger partial charge in [-0.25, -0.2) is 10.4 Å². The minimum Gasteiger partial charge on any atom is -0.380 e. The van der Waals surface area contributed by atoms with Crippen LogP contribution in [0.1, 0.15) is 139 Å². The first-order valence-corrected chi connectivity index (χ1v) is 17.4. The van der Waals surface area contributed by atoms with Gasteiger partial charge in [0.25, 0.3) is 5.91 Å². The molecular formula is C34H55N5O4. The Kier molecular flexibility index (Phi) is 11.0. The fourth-order valence-electron chi connectivity index (χ4n) is 8.10. The first kappa shape index (κ1) is 31.4. The van der Waals surface area contributed by atoms with Crippen molar-refractivity contribution in [2.45, 2.75) is 159 Å². The van der Waals surface area contributed by atoms with Gasteiger partial charge in [-0.1, -0.05) is 88.8 Å². The van der Waals surface area contributed by atoms with Crippen LogP contribution < -0.4 is 16.1 Å². The van der Waals surface area contributed by atoms with Crippen LogP contribution in [0, 0.1) is 0 Å². The zero-order valence-electron chi connectivity index (χ0n) is 26.5. The van der Waals surface area contributed by atoms with Crippen LogP contribution in [0.25, 0.3) is 0 Å². The summed E-state index contributed by atoms with van der Waals surface area (Å²) in [7, 11) is 1.73. The van der Waals surface area contributed by atoms with E-state index in [4.69, 9.17) is 14.3 Å². The summed E-state index contributed by atoms with van der Waals surface area (Å²) in [6.45, 7) is 2.59. The van der Waals surface area contributed by atoms with Crippen molar-refractivity contribution in [3.05, 3.63) is 34.9 Å². The average Bonchev–Trinajstić information content (AvgIpc) is 3.71. The highest BCUT2D eigenvalue weighted by atomic mass is 16.7. The Morgan fingerprint density at radius 3 is 2.26 bits per heavy atom. The summed E-state index contributed by atoms with van der Waals surface area (Å²) in [5, 5.41) is 11.5. The highest BCUT2D eigenvalue weighted by molar-refractivity contribution is 5.81. The number of ether oxygens (including phenoxy) is 2. The van der Waals surface area contributed by atoms with E-state index in [-0.39, 0.29) is 30.6 Å². The number of benzene rings is 1. The lowest BCUT2D eigenvalue weighted by atomic mass is 9.95. The first-order valence-electron chi connectivity index (χ1n) is 17.4. The van der Waals surface area contributed by atoms with Crippen molar-refractivity contribution in [3.63, 3.8) is 0 Å². The van der Waals surface area contributed by atoms with E-state index in [1.165, 1.54) is 113 Å². The Morgan fingerprint density at radius 1 is 0.930 bits per heavy atom. The van der Waals surface area contributed by atoms with Gasteiger partial charge in [-0.05, 0) is 62.1 Å². The van der Waals surface area contributed by atoms with Gasteiger partial charge in [0.2, 0.25) is 6.23 Å². The topological polar surface area (TPSA) is 87.3 Å². The first-order chi connectivity index (χ1) is 21.1. The number of amides is 1. The second kappa shape index (κ2) is 15.1. The van der Waals surface area contributed by atoms with E-state index in [9.17, 15) is 4.79 Å². The zero-order valence-corrected chi connectivity index (χ0v) is 26.5. The van der Waals surface area contributed by atoms with Gasteiger partial charge in [0.1, 0.15) is 12.4 Å². The third-order valence-corrected chi connectivity index (χ3v) is 10.4. The van der Waals surface area contributed by atoms with Crippen LogP contribution in [-0.4, -0.2) is 60.5 Å². The predicted molar refractivity (Wildman–Crippen MR) is 166 cm³/mol. The third-order valence-electron chi connectivity index (χ3n) is 10.4. The molecule has 6 rings (SSSR count). The molecule has 1 aromatic rings. The van der Waals surface area contributed by atoms with E-state index in [2.05, 4.69) is 51.3 Å². The van der Waals surface area contributed by atoms with Crippen LogP contribution in [0.5, 0.6) is 0 Å². The van der Waals surface area contributed by atoms with Crippen LogP contribution in [0.3, 0.4) is 0 Å². The minimum absolute atomic E-state index is 0.00431. The molecule has 3 aliphatic carbocycles. The number of nitrogens with one attached hydrogen (secondary N) is 3. The molecule has 0 spiro atoms. The van der Waals surface area contributed by atoms with E-state index in [0.29, 0.717) is 18.7 Å². The maximum absolute atomic E-state index is 13.4. The van der Waals surface area contributed by atoms with E-state index < -0.39 is 6.23 Å². The Balaban J connectivity index is 1.09. The zero-order chi connectivity index (χ0) is 29.6. The maximum Gasteiger partial charge on any atom is 0.266 e. The third kappa shape index (κ3) is 7.63. The van der Waals surface area contributed by atoms with Crippen LogP contribution in [0.2, 0.25) is 0 Å². The predicted octanol–water partition coefficient (Wildman–Crippen LogP) is 5.72. The standard InChI is InChI=1S/C34H55N5O4/c1-24-38(27-14-10-6-3-4-7-11-15-27)37-34(42-24)33(40)35-30-21-19-25-22-26(18-20-29(25)30)32-36-31(23-41-2)43-39(32)28-16-12-8-5-9-13-17-28/h18,20,22,24,27-28,30-32,34,36-37H,3-17,19,21,23H2,1-2H3,(H,35,40)/t24?,30-,31?,32?,34?/m1/s1. The normalized spacial score (nSPS) is 32.5. The van der Waals surface area contributed by atoms with Crippen LogP contribution in [0.4, 0.5) is 0 Å². The second-order valence-corrected chi connectivity index (χ2v) is 13.5. The number of methoxy groups -OCH3 is 1. The van der Waals surface area contributed by atoms with E-state index in [1.54, 1.807) is 7.11 Å². The molecule has 43 heavy (non-hydrogen) atoms. The molecule has 2 heterocycles. The van der Waals surface area contributed by atoms with Gasteiger partial charge in [0.15, 0.2) is 6.23 Å². The summed E-state index contributed by atoms with van der Waals surface area (Å²) in [6, 6.07) is 7.62. The highest BCUT2D eigenvalue weighted by Gasteiger charge is 2.41. The van der Waals surface area contributed by atoms with Gasteiger partial charge in [-0.3, -0.25) is 14.9 Å². The molecule has 0 bridgehead atoms. The Bertz CT molecular complexity index is 1040. The molecule has 0 radical (unpaired) electrons. The van der Waals surface area contributed by atoms with Gasteiger partial charge in [0, 0.05) is 19.2 Å². The second-order valence-electron chi connectivity index (χ2n) is 13.5. The van der Waals surface area contributed by atoms with Gasteiger partial charge >= 0.3 is 0 Å². The lowest BCUT2D eigenvalue weighted by molar-refractivity contribution is -0.202. The SMILES string of the molecule is COCC1NC(c2ccc3c(c2)CC[C@H]3NC(=O)C2NN(C3CCCCCCCC3)C(C)O2)N(C2CCCCCCC2)O1. The number of hydroxylamine groups is 2. The Labute approximate surface area is 258 Å². The molecule has 1 aromatic carbocycles. The van der Waals surface area contributed by atoms with Crippen molar-refractivity contribution in [2.75, 3.05) is 13.7 Å². The van der Waals surface area contributed by atoms with E-state index in [1.807, 2.05) is 0 Å². The molecule has 2 aliphatic heterocycles. The summed E-state index contributed by atoms with van der Waals surface area (Å²) in [4.78, 5) is 19.9. The average molecular weight is 598 g/mol. The molecule has 4 unspecified atom stereocenters.